The van der Waals surface area contributed by atoms with Crippen molar-refractivity contribution in [2.75, 3.05) is 7.05 Å². The number of nitrogens with one attached hydrogen (secondary N) is 1. The summed E-state index contributed by atoms with van der Waals surface area (Å²) in [7, 11) is 1.96. The highest BCUT2D eigenvalue weighted by atomic mass is 79.9. The van der Waals surface area contributed by atoms with Gasteiger partial charge >= 0.3 is 0 Å². The lowest BCUT2D eigenvalue weighted by Gasteiger charge is -2.12. The van der Waals surface area contributed by atoms with E-state index >= 15 is 0 Å². The third kappa shape index (κ3) is 2.42. The second-order valence-corrected chi connectivity index (χ2v) is 5.00. The van der Waals surface area contributed by atoms with Gasteiger partial charge in [0, 0.05) is 16.7 Å². The van der Waals surface area contributed by atoms with Gasteiger partial charge in [-0.3, -0.25) is 0 Å². The summed E-state index contributed by atoms with van der Waals surface area (Å²) in [6.07, 6.45) is 1.88. The summed E-state index contributed by atoms with van der Waals surface area (Å²) in [6, 6.07) is 6.31. The lowest BCUT2D eigenvalue weighted by molar-refractivity contribution is 0.804. The van der Waals surface area contributed by atoms with Crippen molar-refractivity contribution in [3.8, 4) is 5.69 Å². The van der Waals surface area contributed by atoms with Crippen LogP contribution in [0.3, 0.4) is 0 Å². The number of aryl methyl sites for hydroxylation is 1. The van der Waals surface area contributed by atoms with Gasteiger partial charge in [-0.2, -0.15) is 0 Å². The molecule has 1 N–H and O–H groups in total. The average Bonchev–Trinajstić information content (AvgIpc) is 2.61. The molecule has 3 nitrogen and oxygen atoms in total. The van der Waals surface area contributed by atoms with Crippen molar-refractivity contribution in [3.63, 3.8) is 0 Å². The SMILES string of the molecule is CNCc1cc(Br)ccc1-n1cnc(C)c1C. The zero-order chi connectivity index (χ0) is 12.4. The van der Waals surface area contributed by atoms with Crippen LogP contribution >= 0.6 is 15.9 Å². The van der Waals surface area contributed by atoms with Gasteiger partial charge in [0.2, 0.25) is 0 Å². The molecule has 2 aromatic rings. The summed E-state index contributed by atoms with van der Waals surface area (Å²) in [5.41, 5.74) is 4.69. The largest absolute Gasteiger partial charge is 0.316 e. The highest BCUT2D eigenvalue weighted by molar-refractivity contribution is 9.10. The highest BCUT2D eigenvalue weighted by Gasteiger charge is 2.08. The molecule has 0 fully saturated rings. The first-order valence-corrected chi connectivity index (χ1v) is 6.36. The normalized spacial score (nSPS) is 10.8. The van der Waals surface area contributed by atoms with E-state index in [0.29, 0.717) is 0 Å². The molecule has 0 amide bonds. The third-order valence-corrected chi connectivity index (χ3v) is 3.41. The molecule has 2 rings (SSSR count). The van der Waals surface area contributed by atoms with Gasteiger partial charge in [-0.05, 0) is 44.7 Å². The van der Waals surface area contributed by atoms with Gasteiger partial charge in [-0.25, -0.2) is 4.98 Å². The van der Waals surface area contributed by atoms with Crippen LogP contribution in [0.5, 0.6) is 0 Å². The summed E-state index contributed by atoms with van der Waals surface area (Å²) in [5.74, 6) is 0. The number of nitrogens with zero attached hydrogens (tertiary/aromatic N) is 2. The molecule has 0 unspecified atom stereocenters. The minimum Gasteiger partial charge on any atom is -0.316 e. The summed E-state index contributed by atoms with van der Waals surface area (Å²) >= 11 is 3.51. The third-order valence-electron chi connectivity index (χ3n) is 2.92. The number of rotatable bonds is 3. The van der Waals surface area contributed by atoms with Crippen molar-refractivity contribution in [2.45, 2.75) is 20.4 Å². The fraction of sp³-hybridized carbons (Fsp3) is 0.308. The van der Waals surface area contributed by atoms with E-state index in [9.17, 15) is 0 Å². The number of imidazole rings is 1. The Bertz CT molecular complexity index is 531. The molecule has 0 saturated carbocycles. The molecule has 17 heavy (non-hydrogen) atoms. The molecule has 0 aliphatic carbocycles. The Morgan fingerprint density at radius 1 is 1.35 bits per heavy atom. The maximum atomic E-state index is 4.35. The number of hydrogen-bond donors (Lipinski definition) is 1. The molecule has 1 aromatic carbocycles. The topological polar surface area (TPSA) is 29.9 Å². The summed E-state index contributed by atoms with van der Waals surface area (Å²) in [4.78, 5) is 4.35. The molecular weight excluding hydrogens is 278 g/mol. The maximum absolute atomic E-state index is 4.35. The van der Waals surface area contributed by atoms with Crippen LogP contribution in [-0.2, 0) is 6.54 Å². The van der Waals surface area contributed by atoms with Gasteiger partial charge in [0.05, 0.1) is 17.7 Å². The van der Waals surface area contributed by atoms with E-state index in [2.05, 4.69) is 55.9 Å². The summed E-state index contributed by atoms with van der Waals surface area (Å²) in [5, 5.41) is 3.19. The monoisotopic (exact) mass is 293 g/mol. The van der Waals surface area contributed by atoms with Gasteiger partial charge in [-0.15, -0.1) is 0 Å². The minimum absolute atomic E-state index is 0.839. The molecule has 0 aliphatic heterocycles. The molecule has 0 saturated heterocycles. The van der Waals surface area contributed by atoms with E-state index in [1.807, 2.05) is 20.3 Å². The second kappa shape index (κ2) is 5.02. The van der Waals surface area contributed by atoms with E-state index in [4.69, 9.17) is 0 Å². The van der Waals surface area contributed by atoms with Gasteiger partial charge in [-0.1, -0.05) is 15.9 Å². The van der Waals surface area contributed by atoms with Crippen molar-refractivity contribution < 1.29 is 0 Å². The first-order valence-electron chi connectivity index (χ1n) is 5.57. The first kappa shape index (κ1) is 12.3. The van der Waals surface area contributed by atoms with Crippen LogP contribution in [-0.4, -0.2) is 16.6 Å². The van der Waals surface area contributed by atoms with Crippen molar-refractivity contribution in [3.05, 3.63) is 46.0 Å². The molecule has 90 valence electrons. The standard InChI is InChI=1S/C13H16BrN3/c1-9-10(2)17(8-16-9)13-5-4-12(14)6-11(13)7-15-3/h4-6,8,15H,7H2,1-3H3. The Balaban J connectivity index is 2.54. The molecular formula is C13H16BrN3. The highest BCUT2D eigenvalue weighted by Crippen LogP contribution is 2.22. The molecule has 1 aromatic heterocycles. The Morgan fingerprint density at radius 3 is 2.71 bits per heavy atom. The van der Waals surface area contributed by atoms with Crippen LogP contribution in [0, 0.1) is 13.8 Å². The van der Waals surface area contributed by atoms with E-state index < -0.39 is 0 Å². The smallest absolute Gasteiger partial charge is 0.0997 e. The molecule has 0 bridgehead atoms. The van der Waals surface area contributed by atoms with Crippen LogP contribution in [0.1, 0.15) is 17.0 Å². The van der Waals surface area contributed by atoms with E-state index in [1.165, 1.54) is 16.9 Å². The fourth-order valence-corrected chi connectivity index (χ4v) is 2.27. The lowest BCUT2D eigenvalue weighted by atomic mass is 10.1. The van der Waals surface area contributed by atoms with Crippen molar-refractivity contribution in [1.29, 1.82) is 0 Å². The van der Waals surface area contributed by atoms with E-state index in [-0.39, 0.29) is 0 Å². The van der Waals surface area contributed by atoms with Crippen LogP contribution < -0.4 is 5.32 Å². The van der Waals surface area contributed by atoms with Crippen LogP contribution in [0.2, 0.25) is 0 Å². The number of halogens is 1. The van der Waals surface area contributed by atoms with Gasteiger partial charge < -0.3 is 9.88 Å². The summed E-state index contributed by atoms with van der Waals surface area (Å²) in [6.45, 7) is 4.96. The molecule has 0 atom stereocenters. The van der Waals surface area contributed by atoms with Gasteiger partial charge in [0.1, 0.15) is 0 Å². The molecule has 0 spiro atoms. The zero-order valence-electron chi connectivity index (χ0n) is 10.3. The fourth-order valence-electron chi connectivity index (χ4n) is 1.86. The zero-order valence-corrected chi connectivity index (χ0v) is 11.9. The molecule has 4 heteroatoms. The number of aromatic nitrogens is 2. The summed E-state index contributed by atoms with van der Waals surface area (Å²) < 4.78 is 3.23. The Kier molecular flexibility index (Phi) is 3.64. The Hall–Kier alpha value is -1.13. The molecule has 1 heterocycles. The van der Waals surface area contributed by atoms with Crippen molar-refractivity contribution in [2.24, 2.45) is 0 Å². The molecule has 0 aliphatic rings. The van der Waals surface area contributed by atoms with Crippen molar-refractivity contribution >= 4 is 15.9 Å². The minimum atomic E-state index is 0.839. The number of hydrogen-bond acceptors (Lipinski definition) is 2. The quantitative estimate of drug-likeness (QED) is 0.943. The van der Waals surface area contributed by atoms with E-state index in [1.54, 1.807) is 0 Å². The van der Waals surface area contributed by atoms with Crippen LogP contribution in [0.4, 0.5) is 0 Å². The van der Waals surface area contributed by atoms with Gasteiger partial charge in [0.25, 0.3) is 0 Å². The van der Waals surface area contributed by atoms with Gasteiger partial charge in [0.15, 0.2) is 0 Å². The maximum Gasteiger partial charge on any atom is 0.0997 e. The Labute approximate surface area is 110 Å². The van der Waals surface area contributed by atoms with E-state index in [0.717, 1.165) is 16.7 Å². The van der Waals surface area contributed by atoms with Crippen molar-refractivity contribution in [1.82, 2.24) is 14.9 Å². The average molecular weight is 294 g/mol. The number of benzene rings is 1. The molecule has 0 radical (unpaired) electrons. The predicted octanol–water partition coefficient (Wildman–Crippen LogP) is 2.97. The van der Waals surface area contributed by atoms with Crippen LogP contribution in [0.15, 0.2) is 29.0 Å². The first-order chi connectivity index (χ1) is 8.13. The van der Waals surface area contributed by atoms with Crippen LogP contribution in [0.25, 0.3) is 5.69 Å². The Morgan fingerprint density at radius 2 is 2.12 bits per heavy atom. The predicted molar refractivity (Wildman–Crippen MR) is 73.5 cm³/mol. The second-order valence-electron chi connectivity index (χ2n) is 4.09. The lowest BCUT2D eigenvalue weighted by Crippen LogP contribution is -2.09.